The molecule has 0 spiro atoms. The maximum Gasteiger partial charge on any atom is 0.266 e. The molecule has 1 aliphatic rings. The third-order valence-electron chi connectivity index (χ3n) is 4.53. The van der Waals surface area contributed by atoms with Crippen molar-refractivity contribution in [1.82, 2.24) is 4.90 Å². The van der Waals surface area contributed by atoms with Gasteiger partial charge in [-0.05, 0) is 70.9 Å². The number of ether oxygens (including phenoxy) is 3. The number of thioether (sulfide) groups is 1. The number of hydrogen-bond donors (Lipinski definition) is 1. The number of carbonyl (C=O) groups is 2. The van der Waals surface area contributed by atoms with E-state index in [-0.39, 0.29) is 18.4 Å². The van der Waals surface area contributed by atoms with Gasteiger partial charge in [-0.1, -0.05) is 30.1 Å². The minimum absolute atomic E-state index is 0.170. The highest BCUT2D eigenvalue weighted by molar-refractivity contribution is 9.10. The molecular formula is C24H23BrN2O5S2. The van der Waals surface area contributed by atoms with Gasteiger partial charge in [-0.25, -0.2) is 0 Å². The maximum atomic E-state index is 12.6. The minimum Gasteiger partial charge on any atom is -0.494 e. The molecule has 178 valence electrons. The first-order valence-electron chi connectivity index (χ1n) is 10.3. The SMILES string of the molecule is C=CCN1C(=O)/C(=C/c2cc(Br)c(OCC(=O)Nc3ccc(OCC)cc3)c(OC)c2)SC1=S. The summed E-state index contributed by atoms with van der Waals surface area (Å²) in [5.41, 5.74) is 1.35. The second-order valence-electron chi connectivity index (χ2n) is 6.91. The van der Waals surface area contributed by atoms with Crippen LogP contribution in [-0.4, -0.2) is 47.9 Å². The molecular weight excluding hydrogens is 540 g/mol. The molecule has 34 heavy (non-hydrogen) atoms. The van der Waals surface area contributed by atoms with E-state index in [1.54, 1.807) is 48.6 Å². The number of carbonyl (C=O) groups excluding carboxylic acids is 2. The molecule has 0 radical (unpaired) electrons. The Morgan fingerprint density at radius 2 is 2.00 bits per heavy atom. The van der Waals surface area contributed by atoms with Crippen molar-refractivity contribution in [2.24, 2.45) is 0 Å². The topological polar surface area (TPSA) is 77.1 Å². The summed E-state index contributed by atoms with van der Waals surface area (Å²) in [6.45, 7) is 6.28. The van der Waals surface area contributed by atoms with Crippen LogP contribution in [0.1, 0.15) is 12.5 Å². The lowest BCUT2D eigenvalue weighted by molar-refractivity contribution is -0.121. The molecule has 0 aliphatic carbocycles. The fraction of sp³-hybridized carbons (Fsp3) is 0.208. The summed E-state index contributed by atoms with van der Waals surface area (Å²) in [5, 5.41) is 2.77. The molecule has 1 aliphatic heterocycles. The Morgan fingerprint density at radius 1 is 1.26 bits per heavy atom. The predicted molar refractivity (Wildman–Crippen MR) is 143 cm³/mol. The van der Waals surface area contributed by atoms with E-state index in [2.05, 4.69) is 27.8 Å². The molecule has 3 rings (SSSR count). The first kappa shape index (κ1) is 25.8. The van der Waals surface area contributed by atoms with Gasteiger partial charge in [0.25, 0.3) is 11.8 Å². The standard InChI is InChI=1S/C24H23BrN2O5S2/c1-4-10-27-23(29)20(34-24(27)33)13-15-11-18(25)22(19(12-15)30-3)32-14-21(28)26-16-6-8-17(9-7-16)31-5-2/h4,6-9,11-13H,1,5,10,14H2,2-3H3,(H,26,28)/b20-13-. The zero-order chi connectivity index (χ0) is 24.7. The van der Waals surface area contributed by atoms with Gasteiger partial charge in [0.15, 0.2) is 18.1 Å². The van der Waals surface area contributed by atoms with Crippen LogP contribution < -0.4 is 19.5 Å². The highest BCUT2D eigenvalue weighted by atomic mass is 79.9. The zero-order valence-corrected chi connectivity index (χ0v) is 21.8. The number of hydrogen-bond acceptors (Lipinski definition) is 7. The third-order valence-corrected chi connectivity index (χ3v) is 6.50. The van der Waals surface area contributed by atoms with Crippen LogP contribution in [-0.2, 0) is 9.59 Å². The average Bonchev–Trinajstić information content (AvgIpc) is 3.07. The number of thiocarbonyl (C=S) groups is 1. The van der Waals surface area contributed by atoms with E-state index < -0.39 is 0 Å². The zero-order valence-electron chi connectivity index (χ0n) is 18.6. The highest BCUT2D eigenvalue weighted by Gasteiger charge is 2.31. The molecule has 0 bridgehead atoms. The summed E-state index contributed by atoms with van der Waals surface area (Å²) in [6.07, 6.45) is 3.36. The molecule has 7 nitrogen and oxygen atoms in total. The van der Waals surface area contributed by atoms with Crippen LogP contribution in [0.4, 0.5) is 5.69 Å². The van der Waals surface area contributed by atoms with Crippen LogP contribution in [0.25, 0.3) is 6.08 Å². The second-order valence-corrected chi connectivity index (χ2v) is 9.44. The quantitative estimate of drug-likeness (QED) is 0.240. The van der Waals surface area contributed by atoms with Crippen molar-refractivity contribution in [3.63, 3.8) is 0 Å². The summed E-state index contributed by atoms with van der Waals surface area (Å²) < 4.78 is 17.6. The molecule has 0 saturated carbocycles. The Balaban J connectivity index is 1.69. The number of nitrogens with zero attached hydrogens (tertiary/aromatic N) is 1. The fourth-order valence-corrected chi connectivity index (χ4v) is 4.89. The van der Waals surface area contributed by atoms with E-state index in [0.717, 1.165) is 5.75 Å². The number of nitrogens with one attached hydrogen (secondary N) is 1. The largest absolute Gasteiger partial charge is 0.494 e. The van der Waals surface area contributed by atoms with Gasteiger partial charge < -0.3 is 19.5 Å². The molecule has 1 fully saturated rings. The van der Waals surface area contributed by atoms with Crippen LogP contribution in [0.3, 0.4) is 0 Å². The number of amides is 2. The van der Waals surface area contributed by atoms with E-state index in [9.17, 15) is 9.59 Å². The molecule has 0 aromatic heterocycles. The van der Waals surface area contributed by atoms with Gasteiger partial charge in [-0.2, -0.15) is 0 Å². The Hall–Kier alpha value is -2.82. The monoisotopic (exact) mass is 562 g/mol. The van der Waals surface area contributed by atoms with Gasteiger partial charge in [0.05, 0.1) is 23.1 Å². The van der Waals surface area contributed by atoms with Gasteiger partial charge in [-0.15, -0.1) is 6.58 Å². The van der Waals surface area contributed by atoms with Gasteiger partial charge >= 0.3 is 0 Å². The molecule has 1 N–H and O–H groups in total. The predicted octanol–water partition coefficient (Wildman–Crippen LogP) is 5.26. The smallest absolute Gasteiger partial charge is 0.266 e. The summed E-state index contributed by atoms with van der Waals surface area (Å²) in [6, 6.07) is 10.6. The van der Waals surface area contributed by atoms with Gasteiger partial charge in [-0.3, -0.25) is 14.5 Å². The molecule has 1 saturated heterocycles. The third kappa shape index (κ3) is 6.40. The number of anilines is 1. The van der Waals surface area contributed by atoms with Crippen LogP contribution in [0, 0.1) is 0 Å². The van der Waals surface area contributed by atoms with Crippen LogP contribution in [0.5, 0.6) is 17.2 Å². The number of benzene rings is 2. The fourth-order valence-electron chi connectivity index (χ4n) is 3.04. The number of halogens is 1. The minimum atomic E-state index is -0.326. The normalized spacial score (nSPS) is 14.3. The van der Waals surface area contributed by atoms with E-state index in [1.165, 1.54) is 23.8 Å². The van der Waals surface area contributed by atoms with E-state index in [0.29, 0.717) is 49.6 Å². The average molecular weight is 563 g/mol. The lowest BCUT2D eigenvalue weighted by atomic mass is 10.2. The summed E-state index contributed by atoms with van der Waals surface area (Å²) >= 11 is 9.98. The second kappa shape index (κ2) is 12.0. The molecule has 0 atom stereocenters. The number of methoxy groups -OCH3 is 1. The van der Waals surface area contributed by atoms with Crippen molar-refractivity contribution in [3.8, 4) is 17.2 Å². The summed E-state index contributed by atoms with van der Waals surface area (Å²) in [4.78, 5) is 26.9. The van der Waals surface area contributed by atoms with Crippen molar-refractivity contribution in [2.75, 3.05) is 32.2 Å². The molecule has 1 heterocycles. The Bertz CT molecular complexity index is 1130. The van der Waals surface area contributed by atoms with Gasteiger partial charge in [0.1, 0.15) is 10.1 Å². The number of rotatable bonds is 10. The molecule has 0 unspecified atom stereocenters. The van der Waals surface area contributed by atoms with Crippen molar-refractivity contribution in [2.45, 2.75) is 6.92 Å². The van der Waals surface area contributed by atoms with Crippen molar-refractivity contribution in [3.05, 3.63) is 64.0 Å². The van der Waals surface area contributed by atoms with Crippen LogP contribution >= 0.6 is 39.9 Å². The van der Waals surface area contributed by atoms with Crippen molar-refractivity contribution >= 4 is 67.8 Å². The molecule has 2 amide bonds. The first-order valence-corrected chi connectivity index (χ1v) is 12.3. The Morgan fingerprint density at radius 3 is 2.65 bits per heavy atom. The molecule has 2 aromatic rings. The van der Waals surface area contributed by atoms with E-state index in [4.69, 9.17) is 26.4 Å². The van der Waals surface area contributed by atoms with Gasteiger partial charge in [0.2, 0.25) is 0 Å². The van der Waals surface area contributed by atoms with Crippen LogP contribution in [0.15, 0.2) is 58.4 Å². The first-order chi connectivity index (χ1) is 16.4. The molecule has 10 heteroatoms. The van der Waals surface area contributed by atoms with Gasteiger partial charge in [0, 0.05) is 12.2 Å². The Labute approximate surface area is 216 Å². The van der Waals surface area contributed by atoms with Crippen LogP contribution in [0.2, 0.25) is 0 Å². The lowest BCUT2D eigenvalue weighted by Crippen LogP contribution is -2.27. The van der Waals surface area contributed by atoms with Crippen molar-refractivity contribution < 1.29 is 23.8 Å². The van der Waals surface area contributed by atoms with E-state index in [1.807, 2.05) is 6.92 Å². The summed E-state index contributed by atoms with van der Waals surface area (Å²) in [5.74, 6) is 1.02. The maximum absolute atomic E-state index is 12.6. The lowest BCUT2D eigenvalue weighted by Gasteiger charge is -2.14. The van der Waals surface area contributed by atoms with E-state index >= 15 is 0 Å². The molecule has 2 aromatic carbocycles. The van der Waals surface area contributed by atoms with Crippen molar-refractivity contribution in [1.29, 1.82) is 0 Å². The highest BCUT2D eigenvalue weighted by Crippen LogP contribution is 2.39. The Kier molecular flexibility index (Phi) is 9.14. The summed E-state index contributed by atoms with van der Waals surface area (Å²) in [7, 11) is 1.50.